The molecule has 0 aliphatic carbocycles. The maximum Gasteiger partial charge on any atom is 0.232 e. The van der Waals surface area contributed by atoms with Gasteiger partial charge in [0, 0.05) is 13.5 Å². The fourth-order valence-corrected chi connectivity index (χ4v) is 1.08. The first-order valence-corrected chi connectivity index (χ1v) is 5.08. The van der Waals surface area contributed by atoms with Gasteiger partial charge in [-0.3, -0.25) is 0 Å². The fourth-order valence-electron chi connectivity index (χ4n) is 1.08. The summed E-state index contributed by atoms with van der Waals surface area (Å²) in [6.45, 7) is 5.49. The van der Waals surface area contributed by atoms with E-state index in [0.29, 0.717) is 18.1 Å². The summed E-state index contributed by atoms with van der Waals surface area (Å²) in [5, 5.41) is 13.2. The molecule has 0 aliphatic heterocycles. The molecule has 0 fully saturated rings. The van der Waals surface area contributed by atoms with Gasteiger partial charge in [0.25, 0.3) is 0 Å². The van der Waals surface area contributed by atoms with Crippen molar-refractivity contribution in [1.29, 1.82) is 0 Å². The quantitative estimate of drug-likeness (QED) is 0.795. The third-order valence-electron chi connectivity index (χ3n) is 2.47. The van der Waals surface area contributed by atoms with Crippen LogP contribution >= 0.6 is 0 Å². The Morgan fingerprint density at radius 1 is 1.40 bits per heavy atom. The van der Waals surface area contributed by atoms with Gasteiger partial charge in [0.1, 0.15) is 0 Å². The number of aliphatic hydroxyl groups excluding tert-OH is 1. The van der Waals surface area contributed by atoms with Crippen molar-refractivity contribution >= 4 is 0 Å². The zero-order chi connectivity index (χ0) is 11.4. The van der Waals surface area contributed by atoms with E-state index in [1.165, 1.54) is 0 Å². The number of aliphatic hydroxyl groups is 1. The minimum absolute atomic E-state index is 0.0670. The van der Waals surface area contributed by atoms with Gasteiger partial charge < -0.3 is 14.4 Å². The fraction of sp³-hybridized carbons (Fsp3) is 0.800. The lowest BCUT2D eigenvalue weighted by Gasteiger charge is -2.08. The average Bonchev–Trinajstić information content (AvgIpc) is 2.64. The van der Waals surface area contributed by atoms with Crippen molar-refractivity contribution in [2.75, 3.05) is 7.11 Å². The molecule has 86 valence electrons. The molecule has 5 heteroatoms. The smallest absolute Gasteiger partial charge is 0.232 e. The highest BCUT2D eigenvalue weighted by Gasteiger charge is 2.19. The van der Waals surface area contributed by atoms with E-state index in [2.05, 4.69) is 10.1 Å². The van der Waals surface area contributed by atoms with Crippen molar-refractivity contribution in [1.82, 2.24) is 10.1 Å². The Balaban J connectivity index is 2.63. The second kappa shape index (κ2) is 5.23. The van der Waals surface area contributed by atoms with E-state index in [1.54, 1.807) is 14.0 Å². The van der Waals surface area contributed by atoms with Crippen LogP contribution in [-0.4, -0.2) is 34.6 Å². The standard InChI is InChI=1S/C10H18N2O3/c1-6(14-4)5-9-11-10(15-12-9)7(2)8(3)13/h6-8,13H,5H2,1-4H3. The van der Waals surface area contributed by atoms with Crippen LogP contribution < -0.4 is 0 Å². The Morgan fingerprint density at radius 2 is 2.07 bits per heavy atom. The molecule has 1 rings (SSSR count). The molecule has 1 aromatic rings. The van der Waals surface area contributed by atoms with Crippen LogP contribution in [0.1, 0.15) is 38.4 Å². The highest BCUT2D eigenvalue weighted by molar-refractivity contribution is 4.95. The predicted octanol–water partition coefficient (Wildman–Crippen LogP) is 1.13. The van der Waals surface area contributed by atoms with Crippen molar-refractivity contribution in [3.63, 3.8) is 0 Å². The van der Waals surface area contributed by atoms with E-state index in [4.69, 9.17) is 9.26 Å². The van der Waals surface area contributed by atoms with Crippen molar-refractivity contribution in [2.45, 2.75) is 45.3 Å². The largest absolute Gasteiger partial charge is 0.393 e. The molecule has 0 bridgehead atoms. The Labute approximate surface area is 89.4 Å². The van der Waals surface area contributed by atoms with Gasteiger partial charge in [-0.05, 0) is 13.8 Å². The Morgan fingerprint density at radius 3 is 2.60 bits per heavy atom. The van der Waals surface area contributed by atoms with Crippen molar-refractivity contribution in [3.05, 3.63) is 11.7 Å². The number of ether oxygens (including phenoxy) is 1. The summed E-state index contributed by atoms with van der Waals surface area (Å²) in [5.74, 6) is 0.958. The summed E-state index contributed by atoms with van der Waals surface area (Å²) in [7, 11) is 1.64. The molecule has 0 radical (unpaired) electrons. The molecule has 0 aromatic carbocycles. The highest BCUT2D eigenvalue weighted by Crippen LogP contribution is 2.17. The topological polar surface area (TPSA) is 68.4 Å². The molecule has 0 amide bonds. The maximum atomic E-state index is 9.36. The lowest BCUT2D eigenvalue weighted by atomic mass is 10.1. The molecule has 0 aliphatic rings. The van der Waals surface area contributed by atoms with Crippen molar-refractivity contribution in [3.8, 4) is 0 Å². The first-order chi connectivity index (χ1) is 7.04. The molecule has 15 heavy (non-hydrogen) atoms. The molecule has 1 N–H and O–H groups in total. The zero-order valence-electron chi connectivity index (χ0n) is 9.60. The summed E-state index contributed by atoms with van der Waals surface area (Å²) in [5.41, 5.74) is 0. The summed E-state index contributed by atoms with van der Waals surface area (Å²) in [4.78, 5) is 4.20. The third kappa shape index (κ3) is 3.28. The van der Waals surface area contributed by atoms with Gasteiger partial charge >= 0.3 is 0 Å². The molecule has 0 spiro atoms. The molecule has 5 nitrogen and oxygen atoms in total. The minimum atomic E-state index is -0.488. The summed E-state index contributed by atoms with van der Waals surface area (Å²) in [6, 6.07) is 0. The lowest BCUT2D eigenvalue weighted by molar-refractivity contribution is 0.116. The Kier molecular flexibility index (Phi) is 4.23. The lowest BCUT2D eigenvalue weighted by Crippen LogP contribution is -2.12. The first kappa shape index (κ1) is 12.1. The molecule has 3 atom stereocenters. The molecule has 0 saturated carbocycles. The van der Waals surface area contributed by atoms with Crippen LogP contribution in [0.2, 0.25) is 0 Å². The van der Waals surface area contributed by atoms with Crippen LogP contribution in [0.3, 0.4) is 0 Å². The summed E-state index contributed by atoms with van der Waals surface area (Å²) in [6.07, 6.45) is 0.197. The number of methoxy groups -OCH3 is 1. The van der Waals surface area contributed by atoms with Gasteiger partial charge in [-0.1, -0.05) is 12.1 Å². The van der Waals surface area contributed by atoms with Crippen LogP contribution in [-0.2, 0) is 11.2 Å². The van der Waals surface area contributed by atoms with Gasteiger partial charge in [-0.2, -0.15) is 4.98 Å². The Hall–Kier alpha value is -0.940. The number of nitrogens with zero attached hydrogens (tertiary/aromatic N) is 2. The molecule has 3 unspecified atom stereocenters. The zero-order valence-corrected chi connectivity index (χ0v) is 9.60. The summed E-state index contributed by atoms with van der Waals surface area (Å²) < 4.78 is 10.2. The van der Waals surface area contributed by atoms with Gasteiger partial charge in [0.2, 0.25) is 5.89 Å². The van der Waals surface area contributed by atoms with Gasteiger partial charge in [-0.15, -0.1) is 0 Å². The predicted molar refractivity (Wildman–Crippen MR) is 54.6 cm³/mol. The van der Waals surface area contributed by atoms with Crippen molar-refractivity contribution in [2.24, 2.45) is 0 Å². The van der Waals surface area contributed by atoms with E-state index in [-0.39, 0.29) is 12.0 Å². The van der Waals surface area contributed by atoms with Crippen molar-refractivity contribution < 1.29 is 14.4 Å². The van der Waals surface area contributed by atoms with E-state index in [0.717, 1.165) is 0 Å². The number of hydrogen-bond acceptors (Lipinski definition) is 5. The van der Waals surface area contributed by atoms with Crippen LogP contribution in [0.4, 0.5) is 0 Å². The molecule has 1 heterocycles. The summed E-state index contributed by atoms with van der Waals surface area (Å²) >= 11 is 0. The molecular formula is C10H18N2O3. The maximum absolute atomic E-state index is 9.36. The minimum Gasteiger partial charge on any atom is -0.393 e. The number of rotatable bonds is 5. The van der Waals surface area contributed by atoms with E-state index in [1.807, 2.05) is 13.8 Å². The normalized spacial score (nSPS) is 17.4. The van der Waals surface area contributed by atoms with E-state index >= 15 is 0 Å². The molecule has 1 aromatic heterocycles. The Bertz CT molecular complexity index is 299. The molecule has 0 saturated heterocycles. The monoisotopic (exact) mass is 214 g/mol. The first-order valence-electron chi connectivity index (χ1n) is 5.08. The molecular weight excluding hydrogens is 196 g/mol. The van der Waals surface area contributed by atoms with E-state index in [9.17, 15) is 5.11 Å². The highest BCUT2D eigenvalue weighted by atomic mass is 16.5. The second-order valence-electron chi connectivity index (χ2n) is 3.83. The third-order valence-corrected chi connectivity index (χ3v) is 2.47. The van der Waals surface area contributed by atoms with E-state index < -0.39 is 6.10 Å². The SMILES string of the molecule is COC(C)Cc1noc(C(C)C(C)O)n1. The van der Waals surface area contributed by atoms with Crippen LogP contribution in [0.15, 0.2) is 4.52 Å². The second-order valence-corrected chi connectivity index (χ2v) is 3.83. The van der Waals surface area contributed by atoms with Crippen LogP contribution in [0.25, 0.3) is 0 Å². The van der Waals surface area contributed by atoms with Crippen LogP contribution in [0, 0.1) is 0 Å². The number of hydrogen-bond donors (Lipinski definition) is 1. The number of aromatic nitrogens is 2. The van der Waals surface area contributed by atoms with Crippen LogP contribution in [0.5, 0.6) is 0 Å². The van der Waals surface area contributed by atoms with Gasteiger partial charge in [0.05, 0.1) is 18.1 Å². The van der Waals surface area contributed by atoms with Gasteiger partial charge in [0.15, 0.2) is 5.82 Å². The average molecular weight is 214 g/mol. The van der Waals surface area contributed by atoms with Gasteiger partial charge in [-0.25, -0.2) is 0 Å².